The summed E-state index contributed by atoms with van der Waals surface area (Å²) >= 11 is 1.56. The first-order valence-corrected chi connectivity index (χ1v) is 10.7. The SMILES string of the molecule is Cc1nc2ccc(NC(=O)CCNS(=O)(=O)/C=C/c3ccccc3)cc2s1. The zero-order valence-corrected chi connectivity index (χ0v) is 16.3. The highest BCUT2D eigenvalue weighted by atomic mass is 32.2. The molecule has 0 aliphatic heterocycles. The second kappa shape index (κ2) is 8.43. The van der Waals surface area contributed by atoms with E-state index in [1.54, 1.807) is 29.5 Å². The minimum Gasteiger partial charge on any atom is -0.326 e. The highest BCUT2D eigenvalue weighted by molar-refractivity contribution is 7.92. The molecule has 0 fully saturated rings. The number of thiazole rings is 1. The molecular formula is C19H19N3O3S2. The number of nitrogens with one attached hydrogen (secondary N) is 2. The number of hydrogen-bond donors (Lipinski definition) is 2. The van der Waals surface area contributed by atoms with E-state index in [2.05, 4.69) is 15.0 Å². The highest BCUT2D eigenvalue weighted by Crippen LogP contribution is 2.24. The fraction of sp³-hybridized carbons (Fsp3) is 0.158. The van der Waals surface area contributed by atoms with Gasteiger partial charge in [0.15, 0.2) is 0 Å². The smallest absolute Gasteiger partial charge is 0.233 e. The molecule has 3 rings (SSSR count). The van der Waals surface area contributed by atoms with Gasteiger partial charge in [-0.05, 0) is 36.8 Å². The van der Waals surface area contributed by atoms with E-state index in [0.29, 0.717) is 5.69 Å². The lowest BCUT2D eigenvalue weighted by Crippen LogP contribution is -2.26. The average Bonchev–Trinajstić information content (AvgIpc) is 3.00. The van der Waals surface area contributed by atoms with Gasteiger partial charge in [0.25, 0.3) is 0 Å². The van der Waals surface area contributed by atoms with Crippen LogP contribution in [0.1, 0.15) is 17.0 Å². The van der Waals surface area contributed by atoms with Crippen LogP contribution in [0.5, 0.6) is 0 Å². The summed E-state index contributed by atoms with van der Waals surface area (Å²) in [5.41, 5.74) is 2.35. The number of hydrogen-bond acceptors (Lipinski definition) is 5. The summed E-state index contributed by atoms with van der Waals surface area (Å²) in [6, 6.07) is 14.6. The summed E-state index contributed by atoms with van der Waals surface area (Å²) in [4.78, 5) is 16.4. The zero-order valence-electron chi connectivity index (χ0n) is 14.7. The Kier molecular flexibility index (Phi) is 6.00. The Morgan fingerprint density at radius 3 is 2.74 bits per heavy atom. The third kappa shape index (κ3) is 5.72. The van der Waals surface area contributed by atoms with Gasteiger partial charge in [0.2, 0.25) is 15.9 Å². The summed E-state index contributed by atoms with van der Waals surface area (Å²) < 4.78 is 27.3. The maximum Gasteiger partial charge on any atom is 0.233 e. The van der Waals surface area contributed by atoms with Gasteiger partial charge < -0.3 is 5.32 Å². The molecule has 1 aromatic heterocycles. The fourth-order valence-electron chi connectivity index (χ4n) is 2.43. The standard InChI is InChI=1S/C19H19N3O3S2/c1-14-21-17-8-7-16(13-18(17)26-14)22-19(23)9-11-20-27(24,25)12-10-15-5-3-2-4-6-15/h2-8,10,12-13,20H,9,11H2,1H3,(H,22,23)/b12-10+. The third-order valence-electron chi connectivity index (χ3n) is 3.67. The van der Waals surface area contributed by atoms with Crippen LogP contribution in [0.4, 0.5) is 5.69 Å². The molecule has 3 aromatic rings. The first-order chi connectivity index (χ1) is 12.9. The van der Waals surface area contributed by atoms with Gasteiger partial charge in [-0.2, -0.15) is 0 Å². The van der Waals surface area contributed by atoms with Crippen molar-refractivity contribution in [3.63, 3.8) is 0 Å². The molecule has 2 aromatic carbocycles. The zero-order chi connectivity index (χ0) is 19.3. The molecule has 27 heavy (non-hydrogen) atoms. The minimum atomic E-state index is -3.59. The van der Waals surface area contributed by atoms with Gasteiger partial charge in [0.1, 0.15) is 0 Å². The van der Waals surface area contributed by atoms with Crippen LogP contribution in [-0.2, 0) is 14.8 Å². The predicted octanol–water partition coefficient (Wildman–Crippen LogP) is 3.52. The molecule has 0 atom stereocenters. The van der Waals surface area contributed by atoms with E-state index in [1.165, 1.54) is 6.08 Å². The number of rotatable bonds is 7. The van der Waals surface area contributed by atoms with Crippen LogP contribution < -0.4 is 10.0 Å². The quantitative estimate of drug-likeness (QED) is 0.634. The van der Waals surface area contributed by atoms with E-state index >= 15 is 0 Å². The topological polar surface area (TPSA) is 88.2 Å². The van der Waals surface area contributed by atoms with Crippen molar-refractivity contribution in [2.24, 2.45) is 0 Å². The second-order valence-corrected chi connectivity index (χ2v) is 8.75. The number of nitrogens with zero attached hydrogens (tertiary/aromatic N) is 1. The van der Waals surface area contributed by atoms with Crippen molar-refractivity contribution in [1.29, 1.82) is 0 Å². The van der Waals surface area contributed by atoms with Crippen molar-refractivity contribution in [2.45, 2.75) is 13.3 Å². The summed E-state index contributed by atoms with van der Waals surface area (Å²) in [6.07, 6.45) is 1.55. The van der Waals surface area contributed by atoms with Crippen molar-refractivity contribution < 1.29 is 13.2 Å². The van der Waals surface area contributed by atoms with Gasteiger partial charge >= 0.3 is 0 Å². The number of anilines is 1. The van der Waals surface area contributed by atoms with Gasteiger partial charge in [-0.15, -0.1) is 11.3 Å². The van der Waals surface area contributed by atoms with E-state index in [4.69, 9.17) is 0 Å². The minimum absolute atomic E-state index is 0.0230. The Hall–Kier alpha value is -2.55. The highest BCUT2D eigenvalue weighted by Gasteiger charge is 2.08. The van der Waals surface area contributed by atoms with Crippen LogP contribution in [0.25, 0.3) is 16.3 Å². The number of amides is 1. The van der Waals surface area contributed by atoms with Crippen molar-refractivity contribution in [3.8, 4) is 0 Å². The van der Waals surface area contributed by atoms with E-state index < -0.39 is 10.0 Å². The van der Waals surface area contributed by atoms with Crippen LogP contribution in [0.2, 0.25) is 0 Å². The number of aryl methyl sites for hydroxylation is 1. The molecule has 0 radical (unpaired) electrons. The number of carbonyl (C=O) groups excluding carboxylic acids is 1. The molecule has 0 spiro atoms. The number of sulfonamides is 1. The molecule has 2 N–H and O–H groups in total. The lowest BCUT2D eigenvalue weighted by Gasteiger charge is -2.06. The van der Waals surface area contributed by atoms with Crippen LogP contribution >= 0.6 is 11.3 Å². The molecule has 0 saturated carbocycles. The molecule has 0 unspecified atom stereocenters. The molecule has 0 bridgehead atoms. The monoisotopic (exact) mass is 401 g/mol. The molecule has 140 valence electrons. The van der Waals surface area contributed by atoms with Crippen LogP contribution in [0.3, 0.4) is 0 Å². The second-order valence-electron chi connectivity index (χ2n) is 5.87. The molecule has 0 saturated heterocycles. The summed E-state index contributed by atoms with van der Waals surface area (Å²) in [5.74, 6) is -0.259. The molecule has 0 aliphatic carbocycles. The lowest BCUT2D eigenvalue weighted by atomic mass is 10.2. The maximum absolute atomic E-state index is 12.0. The molecule has 0 aliphatic rings. The van der Waals surface area contributed by atoms with Gasteiger partial charge in [0, 0.05) is 24.1 Å². The Bertz CT molecular complexity index is 1070. The maximum atomic E-state index is 12.0. The third-order valence-corrected chi connectivity index (χ3v) is 5.71. The van der Waals surface area contributed by atoms with E-state index in [-0.39, 0.29) is 18.9 Å². The van der Waals surface area contributed by atoms with Crippen molar-refractivity contribution in [2.75, 3.05) is 11.9 Å². The molecule has 8 heteroatoms. The normalized spacial score (nSPS) is 11.9. The lowest BCUT2D eigenvalue weighted by molar-refractivity contribution is -0.116. The molecular weight excluding hydrogens is 382 g/mol. The van der Waals surface area contributed by atoms with Gasteiger partial charge in [-0.3, -0.25) is 4.79 Å². The summed E-state index contributed by atoms with van der Waals surface area (Å²) in [5, 5.41) is 4.84. The number of aromatic nitrogens is 1. The van der Waals surface area contributed by atoms with Crippen molar-refractivity contribution in [3.05, 3.63) is 64.5 Å². The Morgan fingerprint density at radius 1 is 1.19 bits per heavy atom. The van der Waals surface area contributed by atoms with Crippen molar-refractivity contribution in [1.82, 2.24) is 9.71 Å². The van der Waals surface area contributed by atoms with Crippen LogP contribution in [0, 0.1) is 6.92 Å². The Morgan fingerprint density at radius 2 is 1.96 bits per heavy atom. The van der Waals surface area contributed by atoms with Crippen molar-refractivity contribution >= 4 is 49.2 Å². The summed E-state index contributed by atoms with van der Waals surface area (Å²) in [6.45, 7) is 1.95. The number of benzene rings is 2. The van der Waals surface area contributed by atoms with Crippen LogP contribution in [-0.4, -0.2) is 25.9 Å². The van der Waals surface area contributed by atoms with Gasteiger partial charge in [0.05, 0.1) is 15.2 Å². The largest absolute Gasteiger partial charge is 0.326 e. The average molecular weight is 402 g/mol. The first-order valence-electron chi connectivity index (χ1n) is 8.31. The number of carbonyl (C=O) groups is 1. The predicted molar refractivity (Wildman–Crippen MR) is 110 cm³/mol. The van der Waals surface area contributed by atoms with Gasteiger partial charge in [-0.1, -0.05) is 30.3 Å². The fourth-order valence-corrected chi connectivity index (χ4v) is 4.11. The van der Waals surface area contributed by atoms with Crippen LogP contribution in [0.15, 0.2) is 53.9 Å². The molecule has 1 heterocycles. The Balaban J connectivity index is 1.50. The molecule has 1 amide bonds. The van der Waals surface area contributed by atoms with E-state index in [9.17, 15) is 13.2 Å². The van der Waals surface area contributed by atoms with E-state index in [1.807, 2.05) is 37.3 Å². The Labute approximate surface area is 162 Å². The first kappa shape index (κ1) is 19.2. The summed E-state index contributed by atoms with van der Waals surface area (Å²) in [7, 11) is -3.59. The number of fused-ring (bicyclic) bond motifs is 1. The van der Waals surface area contributed by atoms with Gasteiger partial charge in [-0.25, -0.2) is 18.1 Å². The molecule has 6 nitrogen and oxygen atoms in total. The van der Waals surface area contributed by atoms with E-state index in [0.717, 1.165) is 26.2 Å².